The molecule has 0 saturated heterocycles. The lowest BCUT2D eigenvalue weighted by Crippen LogP contribution is -2.33. The van der Waals surface area contributed by atoms with Crippen LogP contribution in [0.1, 0.15) is 44.7 Å². The molecule has 1 aromatic carbocycles. The van der Waals surface area contributed by atoms with Crippen molar-refractivity contribution in [2.45, 2.75) is 46.0 Å². The summed E-state index contributed by atoms with van der Waals surface area (Å²) >= 11 is 5.42. The Labute approximate surface area is 133 Å². The van der Waals surface area contributed by atoms with Crippen molar-refractivity contribution in [2.75, 3.05) is 0 Å². The van der Waals surface area contributed by atoms with E-state index in [4.69, 9.17) is 4.98 Å². The summed E-state index contributed by atoms with van der Waals surface area (Å²) in [6, 6.07) is 8.44. The Hall–Kier alpha value is -0.670. The standard InChI is InChI=1S/C17H20BrNS/c1-16(2)9-13-14(17(3,4)10-16)20-15(19-13)11-6-5-7-12(18)8-11/h5-8H,9-10H2,1-4H3. The van der Waals surface area contributed by atoms with E-state index in [0.717, 1.165) is 15.9 Å². The van der Waals surface area contributed by atoms with E-state index >= 15 is 0 Å². The summed E-state index contributed by atoms with van der Waals surface area (Å²) in [5.74, 6) is 0. The van der Waals surface area contributed by atoms with Gasteiger partial charge >= 0.3 is 0 Å². The number of hydrogen-bond donors (Lipinski definition) is 0. The van der Waals surface area contributed by atoms with Crippen molar-refractivity contribution in [3.05, 3.63) is 39.3 Å². The van der Waals surface area contributed by atoms with E-state index in [9.17, 15) is 0 Å². The molecule has 0 radical (unpaired) electrons. The molecule has 20 heavy (non-hydrogen) atoms. The van der Waals surface area contributed by atoms with Gasteiger partial charge in [0, 0.05) is 20.3 Å². The highest BCUT2D eigenvalue weighted by Gasteiger charge is 2.39. The Kier molecular flexibility index (Phi) is 3.33. The molecule has 0 N–H and O–H groups in total. The molecule has 1 aliphatic rings. The Bertz CT molecular complexity index is 655. The van der Waals surface area contributed by atoms with Crippen LogP contribution in [0.25, 0.3) is 10.6 Å². The Morgan fingerprint density at radius 1 is 1.20 bits per heavy atom. The lowest BCUT2D eigenvalue weighted by atomic mass is 9.67. The van der Waals surface area contributed by atoms with Crippen LogP contribution in [0.3, 0.4) is 0 Å². The third kappa shape index (κ3) is 2.58. The van der Waals surface area contributed by atoms with E-state index in [1.807, 2.05) is 11.3 Å². The van der Waals surface area contributed by atoms with E-state index < -0.39 is 0 Å². The summed E-state index contributed by atoms with van der Waals surface area (Å²) in [6.45, 7) is 9.43. The molecular weight excluding hydrogens is 330 g/mol. The highest BCUT2D eigenvalue weighted by molar-refractivity contribution is 9.10. The molecule has 0 amide bonds. The van der Waals surface area contributed by atoms with E-state index in [0.29, 0.717) is 5.41 Å². The van der Waals surface area contributed by atoms with Crippen LogP contribution >= 0.6 is 27.3 Å². The molecule has 1 aromatic heterocycles. The van der Waals surface area contributed by atoms with Crippen LogP contribution in [0.15, 0.2) is 28.7 Å². The van der Waals surface area contributed by atoms with Gasteiger partial charge in [0.05, 0.1) is 5.69 Å². The van der Waals surface area contributed by atoms with Gasteiger partial charge in [-0.3, -0.25) is 0 Å². The number of benzene rings is 1. The van der Waals surface area contributed by atoms with Crippen molar-refractivity contribution in [2.24, 2.45) is 5.41 Å². The fourth-order valence-electron chi connectivity index (χ4n) is 3.54. The van der Waals surface area contributed by atoms with Crippen LogP contribution in [-0.4, -0.2) is 4.98 Å². The van der Waals surface area contributed by atoms with Gasteiger partial charge in [-0.2, -0.15) is 0 Å². The van der Waals surface area contributed by atoms with Gasteiger partial charge in [0.1, 0.15) is 5.01 Å². The minimum absolute atomic E-state index is 0.235. The summed E-state index contributed by atoms with van der Waals surface area (Å²) in [4.78, 5) is 6.43. The average Bonchev–Trinajstić information content (AvgIpc) is 2.70. The molecule has 2 aromatic rings. The van der Waals surface area contributed by atoms with Crippen LogP contribution in [0.2, 0.25) is 0 Å². The molecule has 0 unspecified atom stereocenters. The highest BCUT2D eigenvalue weighted by atomic mass is 79.9. The Morgan fingerprint density at radius 3 is 2.65 bits per heavy atom. The van der Waals surface area contributed by atoms with E-state index in [1.54, 1.807) is 0 Å². The number of fused-ring (bicyclic) bond motifs is 1. The highest BCUT2D eigenvalue weighted by Crippen LogP contribution is 2.49. The van der Waals surface area contributed by atoms with E-state index in [-0.39, 0.29) is 5.41 Å². The maximum atomic E-state index is 4.95. The van der Waals surface area contributed by atoms with Crippen molar-refractivity contribution in [1.82, 2.24) is 4.98 Å². The van der Waals surface area contributed by atoms with Gasteiger partial charge in [0.15, 0.2) is 0 Å². The minimum atomic E-state index is 0.235. The first kappa shape index (κ1) is 14.3. The van der Waals surface area contributed by atoms with Gasteiger partial charge in [-0.1, -0.05) is 55.8 Å². The molecule has 1 heterocycles. The predicted octanol–water partition coefficient (Wildman–Crippen LogP) is 5.82. The van der Waals surface area contributed by atoms with Crippen molar-refractivity contribution in [3.8, 4) is 10.6 Å². The Balaban J connectivity index is 2.09. The minimum Gasteiger partial charge on any atom is -0.241 e. The topological polar surface area (TPSA) is 12.9 Å². The van der Waals surface area contributed by atoms with E-state index in [1.165, 1.54) is 22.6 Å². The summed E-state index contributed by atoms with van der Waals surface area (Å²) in [7, 11) is 0. The first-order valence-electron chi connectivity index (χ1n) is 7.03. The fourth-order valence-corrected chi connectivity index (χ4v) is 5.12. The molecule has 3 rings (SSSR count). The SMILES string of the molecule is CC1(C)Cc2nc(-c3cccc(Br)c3)sc2C(C)(C)C1. The van der Waals surface area contributed by atoms with Crippen molar-refractivity contribution in [3.63, 3.8) is 0 Å². The van der Waals surface area contributed by atoms with Gasteiger partial charge in [0.25, 0.3) is 0 Å². The Morgan fingerprint density at radius 2 is 1.95 bits per heavy atom. The van der Waals surface area contributed by atoms with Gasteiger partial charge in [-0.25, -0.2) is 4.98 Å². The molecule has 1 aliphatic carbocycles. The molecular formula is C17H20BrNS. The molecule has 0 spiro atoms. The predicted molar refractivity (Wildman–Crippen MR) is 90.4 cm³/mol. The second-order valence-electron chi connectivity index (χ2n) is 7.21. The first-order valence-corrected chi connectivity index (χ1v) is 8.64. The van der Waals surface area contributed by atoms with Crippen molar-refractivity contribution < 1.29 is 0 Å². The zero-order valence-corrected chi connectivity index (χ0v) is 14.9. The van der Waals surface area contributed by atoms with Crippen molar-refractivity contribution >= 4 is 27.3 Å². The second-order valence-corrected chi connectivity index (χ2v) is 9.12. The third-order valence-corrected chi connectivity index (χ3v) is 5.96. The zero-order valence-electron chi connectivity index (χ0n) is 12.5. The van der Waals surface area contributed by atoms with Gasteiger partial charge < -0.3 is 0 Å². The smallest absolute Gasteiger partial charge is 0.123 e. The summed E-state index contributed by atoms with van der Waals surface area (Å²) in [5, 5.41) is 1.15. The first-order chi connectivity index (χ1) is 9.27. The quantitative estimate of drug-likeness (QED) is 0.631. The third-order valence-electron chi connectivity index (χ3n) is 3.95. The molecule has 3 heteroatoms. The maximum Gasteiger partial charge on any atom is 0.123 e. The molecule has 0 bridgehead atoms. The van der Waals surface area contributed by atoms with Crippen molar-refractivity contribution in [1.29, 1.82) is 0 Å². The van der Waals surface area contributed by atoms with Gasteiger partial charge in [-0.05, 0) is 30.4 Å². The maximum absolute atomic E-state index is 4.95. The lowest BCUT2D eigenvalue weighted by molar-refractivity contribution is 0.232. The molecule has 0 saturated carbocycles. The van der Waals surface area contributed by atoms with Crippen LogP contribution in [-0.2, 0) is 11.8 Å². The largest absolute Gasteiger partial charge is 0.241 e. The number of aromatic nitrogens is 1. The lowest BCUT2D eigenvalue weighted by Gasteiger charge is -2.39. The molecule has 0 aliphatic heterocycles. The second kappa shape index (κ2) is 4.67. The number of hydrogen-bond acceptors (Lipinski definition) is 2. The summed E-state index contributed by atoms with van der Waals surface area (Å²) < 4.78 is 1.11. The normalized spacial score (nSPS) is 19.6. The number of halogens is 1. The van der Waals surface area contributed by atoms with Crippen LogP contribution < -0.4 is 0 Å². The molecule has 106 valence electrons. The fraction of sp³-hybridized carbons (Fsp3) is 0.471. The number of nitrogens with zero attached hydrogens (tertiary/aromatic N) is 1. The summed E-state index contributed by atoms with van der Waals surface area (Å²) in [6.07, 6.45) is 2.32. The summed E-state index contributed by atoms with van der Waals surface area (Å²) in [5.41, 5.74) is 3.11. The van der Waals surface area contributed by atoms with Crippen LogP contribution in [0.5, 0.6) is 0 Å². The number of rotatable bonds is 1. The van der Waals surface area contributed by atoms with E-state index in [2.05, 4.69) is 67.9 Å². The van der Waals surface area contributed by atoms with Gasteiger partial charge in [0.2, 0.25) is 0 Å². The number of thiazole rings is 1. The molecule has 0 fully saturated rings. The zero-order chi connectivity index (χ0) is 14.5. The average molecular weight is 350 g/mol. The molecule has 0 atom stereocenters. The monoisotopic (exact) mass is 349 g/mol. The van der Waals surface area contributed by atoms with Crippen LogP contribution in [0.4, 0.5) is 0 Å². The molecule has 1 nitrogen and oxygen atoms in total. The van der Waals surface area contributed by atoms with Gasteiger partial charge in [-0.15, -0.1) is 11.3 Å². The van der Waals surface area contributed by atoms with Crippen LogP contribution in [0, 0.1) is 5.41 Å².